The Bertz CT molecular complexity index is 1010. The lowest BCUT2D eigenvalue weighted by Crippen LogP contribution is -2.64. The zero-order valence-corrected chi connectivity index (χ0v) is 16.5. The van der Waals surface area contributed by atoms with Crippen molar-refractivity contribution in [2.75, 3.05) is 18.0 Å². The molecule has 0 unspecified atom stereocenters. The Balaban J connectivity index is 1.20. The van der Waals surface area contributed by atoms with E-state index in [2.05, 4.69) is 27.0 Å². The zero-order chi connectivity index (χ0) is 20.1. The largest absolute Gasteiger partial charge is 0.393 e. The first kappa shape index (κ1) is 18.8. The molecular formula is C21H20F3N3OS. The molecule has 1 saturated carbocycles. The fraction of sp³-hybridized carbons (Fsp3) is 0.429. The summed E-state index contributed by atoms with van der Waals surface area (Å²) in [6.07, 6.45) is -1.36. The van der Waals surface area contributed by atoms with E-state index in [1.165, 1.54) is 11.9 Å². The maximum absolute atomic E-state index is 12.7. The van der Waals surface area contributed by atoms with Gasteiger partial charge < -0.3 is 9.64 Å². The first-order valence-corrected chi connectivity index (χ1v) is 10.4. The summed E-state index contributed by atoms with van der Waals surface area (Å²) in [6.45, 7) is 2.37. The molecule has 1 saturated heterocycles. The molecule has 2 aromatic heterocycles. The summed E-state index contributed by atoms with van der Waals surface area (Å²) in [7, 11) is 0. The molecule has 3 heterocycles. The lowest BCUT2D eigenvalue weighted by Gasteiger charge is -2.59. The van der Waals surface area contributed by atoms with Crippen molar-refractivity contribution >= 4 is 27.4 Å². The molecule has 8 heteroatoms. The monoisotopic (exact) mass is 419 g/mol. The standard InChI is InChI=1S/C21H20F3N3OS/c22-21(23,24)9-16-6-17-18(25-13-26-19(17)29-16)27-11-20(12-27)7-15(8-20)28-10-14-4-2-1-3-5-14/h1-6,13,15H,7-12H2. The van der Waals surface area contributed by atoms with Gasteiger partial charge in [-0.1, -0.05) is 30.3 Å². The predicted octanol–water partition coefficient (Wildman–Crippen LogP) is 4.98. The fourth-order valence-corrected chi connectivity index (χ4v) is 5.43. The normalized spacial score (nSPS) is 18.8. The Morgan fingerprint density at radius 2 is 1.90 bits per heavy atom. The minimum Gasteiger partial charge on any atom is -0.373 e. The Morgan fingerprint density at radius 3 is 2.62 bits per heavy atom. The van der Waals surface area contributed by atoms with Gasteiger partial charge in [-0.3, -0.25) is 0 Å². The number of anilines is 1. The smallest absolute Gasteiger partial charge is 0.373 e. The lowest BCUT2D eigenvalue weighted by molar-refractivity contribution is -0.126. The highest BCUT2D eigenvalue weighted by Gasteiger charge is 2.53. The van der Waals surface area contributed by atoms with Crippen molar-refractivity contribution < 1.29 is 17.9 Å². The third-order valence-electron chi connectivity index (χ3n) is 5.74. The van der Waals surface area contributed by atoms with Crippen molar-refractivity contribution in [1.29, 1.82) is 0 Å². The van der Waals surface area contributed by atoms with Crippen LogP contribution in [0, 0.1) is 5.41 Å². The van der Waals surface area contributed by atoms with Crippen molar-refractivity contribution in [1.82, 2.24) is 9.97 Å². The number of nitrogens with zero attached hydrogens (tertiary/aromatic N) is 3. The summed E-state index contributed by atoms with van der Waals surface area (Å²) in [5.74, 6) is 0.749. The van der Waals surface area contributed by atoms with Crippen LogP contribution >= 0.6 is 11.3 Å². The first-order chi connectivity index (χ1) is 13.9. The van der Waals surface area contributed by atoms with Crippen LogP contribution in [0.15, 0.2) is 42.7 Å². The summed E-state index contributed by atoms with van der Waals surface area (Å²) in [5, 5.41) is 0.725. The van der Waals surface area contributed by atoms with E-state index in [1.807, 2.05) is 18.2 Å². The summed E-state index contributed by atoms with van der Waals surface area (Å²) < 4.78 is 44.2. The first-order valence-electron chi connectivity index (χ1n) is 9.60. The topological polar surface area (TPSA) is 38.2 Å². The van der Waals surface area contributed by atoms with Crippen LogP contribution in [-0.2, 0) is 17.8 Å². The van der Waals surface area contributed by atoms with Gasteiger partial charge in [0.2, 0.25) is 0 Å². The van der Waals surface area contributed by atoms with Gasteiger partial charge in [0.25, 0.3) is 0 Å². The van der Waals surface area contributed by atoms with E-state index < -0.39 is 12.6 Å². The number of ether oxygens (including phenoxy) is 1. The quantitative estimate of drug-likeness (QED) is 0.585. The van der Waals surface area contributed by atoms with E-state index in [4.69, 9.17) is 4.74 Å². The van der Waals surface area contributed by atoms with E-state index in [1.54, 1.807) is 6.07 Å². The van der Waals surface area contributed by atoms with Crippen LogP contribution in [0.2, 0.25) is 0 Å². The van der Waals surface area contributed by atoms with Gasteiger partial charge in [-0.2, -0.15) is 13.2 Å². The maximum Gasteiger partial charge on any atom is 0.393 e. The number of thiophene rings is 1. The van der Waals surface area contributed by atoms with E-state index in [9.17, 15) is 13.2 Å². The van der Waals surface area contributed by atoms with Crippen LogP contribution in [0.4, 0.5) is 19.0 Å². The molecule has 2 aliphatic rings. The van der Waals surface area contributed by atoms with Gasteiger partial charge in [0.1, 0.15) is 17.0 Å². The SMILES string of the molecule is FC(F)(F)Cc1cc2c(N3CC4(CC(OCc5ccccc5)C4)C3)ncnc2s1. The van der Waals surface area contributed by atoms with Crippen LogP contribution < -0.4 is 4.90 Å². The number of benzene rings is 1. The highest BCUT2D eigenvalue weighted by molar-refractivity contribution is 7.18. The number of fused-ring (bicyclic) bond motifs is 1. The van der Waals surface area contributed by atoms with Gasteiger partial charge in [-0.15, -0.1) is 11.3 Å². The van der Waals surface area contributed by atoms with E-state index in [0.29, 0.717) is 11.4 Å². The van der Waals surface area contributed by atoms with Crippen molar-refractivity contribution in [2.24, 2.45) is 5.41 Å². The number of halogens is 3. The molecule has 152 valence electrons. The maximum atomic E-state index is 12.7. The molecule has 0 amide bonds. The molecule has 0 radical (unpaired) electrons. The molecule has 3 aromatic rings. The molecule has 1 aliphatic carbocycles. The van der Waals surface area contributed by atoms with Gasteiger partial charge >= 0.3 is 6.18 Å². The van der Waals surface area contributed by atoms with Crippen LogP contribution in [0.1, 0.15) is 23.3 Å². The van der Waals surface area contributed by atoms with E-state index >= 15 is 0 Å². The number of aromatic nitrogens is 2. The Labute approximate surface area is 170 Å². The average molecular weight is 419 g/mol. The molecule has 5 rings (SSSR count). The molecule has 1 aromatic carbocycles. The zero-order valence-electron chi connectivity index (χ0n) is 15.7. The van der Waals surface area contributed by atoms with Crippen LogP contribution in [0.3, 0.4) is 0 Å². The van der Waals surface area contributed by atoms with Crippen molar-refractivity contribution in [3.63, 3.8) is 0 Å². The number of hydrogen-bond donors (Lipinski definition) is 0. The molecule has 0 N–H and O–H groups in total. The molecule has 29 heavy (non-hydrogen) atoms. The van der Waals surface area contributed by atoms with E-state index in [-0.39, 0.29) is 16.4 Å². The Hall–Kier alpha value is -2.19. The number of rotatable bonds is 5. The molecular weight excluding hydrogens is 399 g/mol. The van der Waals surface area contributed by atoms with Gasteiger partial charge in [0.15, 0.2) is 0 Å². The lowest BCUT2D eigenvalue weighted by atomic mass is 9.61. The molecule has 4 nitrogen and oxygen atoms in total. The van der Waals surface area contributed by atoms with E-state index in [0.717, 1.165) is 48.5 Å². The fourth-order valence-electron chi connectivity index (χ4n) is 4.41. The van der Waals surface area contributed by atoms with Gasteiger partial charge in [-0.25, -0.2) is 9.97 Å². The third-order valence-corrected chi connectivity index (χ3v) is 6.78. The summed E-state index contributed by atoms with van der Waals surface area (Å²) >= 11 is 1.10. The summed E-state index contributed by atoms with van der Waals surface area (Å²) in [4.78, 5) is 11.6. The molecule has 1 aliphatic heterocycles. The van der Waals surface area contributed by atoms with Crippen LogP contribution in [-0.4, -0.2) is 35.3 Å². The van der Waals surface area contributed by atoms with Gasteiger partial charge in [0, 0.05) is 23.4 Å². The Kier molecular flexibility index (Phi) is 4.51. The Morgan fingerprint density at radius 1 is 1.14 bits per heavy atom. The number of hydrogen-bond acceptors (Lipinski definition) is 5. The minimum absolute atomic E-state index is 0.253. The van der Waals surface area contributed by atoms with Crippen molar-refractivity contribution in [2.45, 2.75) is 38.1 Å². The average Bonchev–Trinajstić information content (AvgIpc) is 3.00. The second-order valence-corrected chi connectivity index (χ2v) is 9.22. The molecule has 0 atom stereocenters. The highest BCUT2D eigenvalue weighted by atomic mass is 32.1. The summed E-state index contributed by atoms with van der Waals surface area (Å²) in [5.41, 5.74) is 1.43. The third kappa shape index (κ3) is 3.83. The van der Waals surface area contributed by atoms with Gasteiger partial charge in [0.05, 0.1) is 24.5 Å². The number of alkyl halides is 3. The second-order valence-electron chi connectivity index (χ2n) is 8.10. The van der Waals surface area contributed by atoms with Crippen molar-refractivity contribution in [3.05, 3.63) is 53.2 Å². The molecule has 1 spiro atoms. The minimum atomic E-state index is -4.21. The predicted molar refractivity (Wildman–Crippen MR) is 106 cm³/mol. The highest BCUT2D eigenvalue weighted by Crippen LogP contribution is 2.51. The van der Waals surface area contributed by atoms with Crippen LogP contribution in [0.25, 0.3) is 10.2 Å². The van der Waals surface area contributed by atoms with Crippen LogP contribution in [0.5, 0.6) is 0 Å². The second kappa shape index (κ2) is 6.95. The summed E-state index contributed by atoms with van der Waals surface area (Å²) in [6, 6.07) is 11.7. The van der Waals surface area contributed by atoms with Crippen molar-refractivity contribution in [3.8, 4) is 0 Å². The van der Waals surface area contributed by atoms with Gasteiger partial charge in [-0.05, 0) is 24.5 Å². The molecule has 2 fully saturated rings. The molecule has 0 bridgehead atoms.